The van der Waals surface area contributed by atoms with Crippen LogP contribution in [0.15, 0.2) is 103 Å². The second-order valence-corrected chi connectivity index (χ2v) is 10.8. The average Bonchev–Trinajstić information content (AvgIpc) is 3.66. The number of aryl methyl sites for hydroxylation is 2. The SMILES string of the molecule is COc1ccc(CCn2cc(-c3ccc(OC)cc3)c3c4c([nH]c5ccccc54)c(OC)c(-c4ccc(OC)cc4)c32)cc1. The van der Waals surface area contributed by atoms with Crippen molar-refractivity contribution in [3.8, 4) is 45.3 Å². The van der Waals surface area contributed by atoms with Crippen molar-refractivity contribution in [1.82, 2.24) is 9.55 Å². The minimum atomic E-state index is 0.777. The van der Waals surface area contributed by atoms with Gasteiger partial charge in [0.2, 0.25) is 0 Å². The molecule has 2 aromatic heterocycles. The van der Waals surface area contributed by atoms with E-state index in [4.69, 9.17) is 18.9 Å². The second-order valence-electron chi connectivity index (χ2n) is 10.8. The molecule has 44 heavy (non-hydrogen) atoms. The molecule has 6 nitrogen and oxygen atoms in total. The number of H-pyrrole nitrogens is 1. The molecule has 0 atom stereocenters. The number of benzene rings is 5. The van der Waals surface area contributed by atoms with E-state index in [-0.39, 0.29) is 0 Å². The largest absolute Gasteiger partial charge is 0.497 e. The molecule has 0 bridgehead atoms. The van der Waals surface area contributed by atoms with Gasteiger partial charge in [0.25, 0.3) is 0 Å². The Morgan fingerprint density at radius 3 is 1.82 bits per heavy atom. The van der Waals surface area contributed by atoms with Crippen molar-refractivity contribution in [1.29, 1.82) is 0 Å². The third-order valence-electron chi connectivity index (χ3n) is 8.51. The molecule has 5 aromatic carbocycles. The molecule has 0 aliphatic carbocycles. The molecule has 220 valence electrons. The zero-order valence-corrected chi connectivity index (χ0v) is 25.3. The first-order chi connectivity index (χ1) is 21.6. The fourth-order valence-corrected chi connectivity index (χ4v) is 6.32. The summed E-state index contributed by atoms with van der Waals surface area (Å²) < 4.78 is 25.1. The number of hydrogen-bond acceptors (Lipinski definition) is 4. The molecule has 0 unspecified atom stereocenters. The third kappa shape index (κ3) is 4.60. The summed E-state index contributed by atoms with van der Waals surface area (Å²) in [5.74, 6) is 3.31. The van der Waals surface area contributed by atoms with Gasteiger partial charge in [0, 0.05) is 40.0 Å². The van der Waals surface area contributed by atoms with Gasteiger partial charge in [-0.2, -0.15) is 0 Å². The van der Waals surface area contributed by atoms with E-state index >= 15 is 0 Å². The van der Waals surface area contributed by atoms with E-state index in [2.05, 4.69) is 76.4 Å². The highest BCUT2D eigenvalue weighted by molar-refractivity contribution is 6.28. The van der Waals surface area contributed by atoms with Crippen LogP contribution in [0.5, 0.6) is 23.0 Å². The van der Waals surface area contributed by atoms with E-state index in [1.807, 2.05) is 36.4 Å². The number of hydrogen-bond donors (Lipinski definition) is 1. The number of para-hydroxylation sites is 1. The molecule has 0 amide bonds. The summed E-state index contributed by atoms with van der Waals surface area (Å²) in [6.07, 6.45) is 3.15. The molecule has 0 radical (unpaired) electrons. The monoisotopic (exact) mass is 582 g/mol. The van der Waals surface area contributed by atoms with E-state index in [0.29, 0.717) is 0 Å². The minimum Gasteiger partial charge on any atom is -0.497 e. The number of aromatic nitrogens is 2. The zero-order valence-electron chi connectivity index (χ0n) is 25.3. The van der Waals surface area contributed by atoms with Gasteiger partial charge in [-0.25, -0.2) is 0 Å². The minimum absolute atomic E-state index is 0.777. The Morgan fingerprint density at radius 1 is 0.614 bits per heavy atom. The summed E-state index contributed by atoms with van der Waals surface area (Å²) in [6, 6.07) is 33.3. The van der Waals surface area contributed by atoms with E-state index in [9.17, 15) is 0 Å². The first-order valence-electron chi connectivity index (χ1n) is 14.7. The summed E-state index contributed by atoms with van der Waals surface area (Å²) in [5, 5.41) is 3.50. The summed E-state index contributed by atoms with van der Waals surface area (Å²) in [5.41, 5.74) is 8.79. The molecule has 2 heterocycles. The molecule has 7 aromatic rings. The van der Waals surface area contributed by atoms with Gasteiger partial charge in [0.1, 0.15) is 17.2 Å². The van der Waals surface area contributed by atoms with Crippen molar-refractivity contribution in [3.05, 3.63) is 109 Å². The van der Waals surface area contributed by atoms with Crippen molar-refractivity contribution in [2.24, 2.45) is 0 Å². The lowest BCUT2D eigenvalue weighted by molar-refractivity contribution is 0.414. The van der Waals surface area contributed by atoms with Crippen LogP contribution in [0.4, 0.5) is 0 Å². The fourth-order valence-electron chi connectivity index (χ4n) is 6.32. The quantitative estimate of drug-likeness (QED) is 0.185. The lowest BCUT2D eigenvalue weighted by Crippen LogP contribution is -2.02. The van der Waals surface area contributed by atoms with Crippen LogP contribution in [0.25, 0.3) is 55.0 Å². The molecule has 7 rings (SSSR count). The predicted octanol–water partition coefficient (Wildman–Crippen LogP) is 8.89. The van der Waals surface area contributed by atoms with Crippen molar-refractivity contribution < 1.29 is 18.9 Å². The Bertz CT molecular complexity index is 2090. The molecule has 0 saturated carbocycles. The Hall–Kier alpha value is -5.36. The standard InChI is InChI=1S/C38H34N2O4/c1-41-27-15-9-24(10-16-27)21-22-40-23-31(25-11-17-28(42-2)18-12-25)35-34-30-7-5-6-8-32(30)39-36(34)38(44-4)33(37(35)40)26-13-19-29(43-3)20-14-26/h5-20,23,39H,21-22H2,1-4H3. The maximum absolute atomic E-state index is 6.29. The molecule has 0 aliphatic heterocycles. The van der Waals surface area contributed by atoms with Crippen LogP contribution in [0.1, 0.15) is 5.56 Å². The van der Waals surface area contributed by atoms with Gasteiger partial charge in [-0.05, 0) is 65.6 Å². The molecular formula is C38H34N2O4. The van der Waals surface area contributed by atoms with Crippen LogP contribution >= 0.6 is 0 Å². The smallest absolute Gasteiger partial charge is 0.152 e. The molecule has 1 N–H and O–H groups in total. The van der Waals surface area contributed by atoms with Crippen molar-refractivity contribution in [3.63, 3.8) is 0 Å². The van der Waals surface area contributed by atoms with Crippen LogP contribution in [-0.4, -0.2) is 38.0 Å². The van der Waals surface area contributed by atoms with Crippen LogP contribution in [0, 0.1) is 0 Å². The summed E-state index contributed by atoms with van der Waals surface area (Å²) in [6.45, 7) is 0.777. The Kier molecular flexibility index (Phi) is 7.10. The topological polar surface area (TPSA) is 57.6 Å². The number of fused-ring (bicyclic) bond motifs is 5. The van der Waals surface area contributed by atoms with E-state index in [0.717, 1.165) is 85.5 Å². The maximum Gasteiger partial charge on any atom is 0.152 e. The highest BCUT2D eigenvalue weighted by Crippen LogP contribution is 2.50. The molecule has 0 spiro atoms. The molecule has 6 heteroatoms. The van der Waals surface area contributed by atoms with Crippen LogP contribution < -0.4 is 18.9 Å². The third-order valence-corrected chi connectivity index (χ3v) is 8.51. The van der Waals surface area contributed by atoms with Crippen molar-refractivity contribution in [2.45, 2.75) is 13.0 Å². The summed E-state index contributed by atoms with van der Waals surface area (Å²) >= 11 is 0. The van der Waals surface area contributed by atoms with Crippen LogP contribution in [-0.2, 0) is 13.0 Å². The fraction of sp³-hybridized carbons (Fsp3) is 0.158. The molecule has 0 saturated heterocycles. The Morgan fingerprint density at radius 2 is 1.20 bits per heavy atom. The lowest BCUT2D eigenvalue weighted by Gasteiger charge is -2.16. The highest BCUT2D eigenvalue weighted by Gasteiger charge is 2.26. The van der Waals surface area contributed by atoms with Gasteiger partial charge >= 0.3 is 0 Å². The van der Waals surface area contributed by atoms with Gasteiger partial charge in [-0.1, -0.05) is 54.6 Å². The maximum atomic E-state index is 6.29. The van der Waals surface area contributed by atoms with Gasteiger partial charge in [0.15, 0.2) is 5.75 Å². The lowest BCUT2D eigenvalue weighted by atomic mass is 9.94. The van der Waals surface area contributed by atoms with Gasteiger partial charge in [-0.3, -0.25) is 0 Å². The highest BCUT2D eigenvalue weighted by atomic mass is 16.5. The number of aromatic amines is 1. The second kappa shape index (κ2) is 11.4. The zero-order chi connectivity index (χ0) is 30.2. The molecule has 0 fully saturated rings. The van der Waals surface area contributed by atoms with E-state index < -0.39 is 0 Å². The molecular weight excluding hydrogens is 548 g/mol. The predicted molar refractivity (Wildman–Crippen MR) is 179 cm³/mol. The first-order valence-corrected chi connectivity index (χ1v) is 14.7. The normalized spacial score (nSPS) is 11.4. The number of rotatable bonds is 9. The number of methoxy groups -OCH3 is 4. The molecule has 0 aliphatic rings. The number of nitrogens with one attached hydrogen (secondary N) is 1. The van der Waals surface area contributed by atoms with Gasteiger partial charge in [0.05, 0.1) is 45.0 Å². The van der Waals surface area contributed by atoms with Crippen LogP contribution in [0.3, 0.4) is 0 Å². The summed E-state index contributed by atoms with van der Waals surface area (Å²) in [4.78, 5) is 3.71. The van der Waals surface area contributed by atoms with Crippen LogP contribution in [0.2, 0.25) is 0 Å². The van der Waals surface area contributed by atoms with E-state index in [1.54, 1.807) is 28.4 Å². The van der Waals surface area contributed by atoms with Gasteiger partial charge in [-0.15, -0.1) is 0 Å². The number of nitrogens with zero attached hydrogens (tertiary/aromatic N) is 1. The first kappa shape index (κ1) is 27.5. The van der Waals surface area contributed by atoms with Crippen molar-refractivity contribution >= 4 is 32.7 Å². The van der Waals surface area contributed by atoms with E-state index in [1.165, 1.54) is 10.9 Å². The Balaban J connectivity index is 1.57. The van der Waals surface area contributed by atoms with Gasteiger partial charge < -0.3 is 28.5 Å². The van der Waals surface area contributed by atoms with Crippen molar-refractivity contribution in [2.75, 3.05) is 28.4 Å². The Labute approximate surface area is 256 Å². The number of ether oxygens (including phenoxy) is 4. The average molecular weight is 583 g/mol. The summed E-state index contributed by atoms with van der Waals surface area (Å²) in [7, 11) is 6.84.